The van der Waals surface area contributed by atoms with Crippen LogP contribution in [0, 0.1) is 0 Å². The van der Waals surface area contributed by atoms with Gasteiger partial charge in [0, 0.05) is 15.5 Å². The molecule has 0 fully saturated rings. The third kappa shape index (κ3) is 4.26. The monoisotopic (exact) mass is 320 g/mol. The van der Waals surface area contributed by atoms with Gasteiger partial charge in [-0.15, -0.1) is 0 Å². The first-order valence-corrected chi connectivity index (χ1v) is 8.44. The second-order valence-electron chi connectivity index (χ2n) is 5.15. The van der Waals surface area contributed by atoms with Crippen molar-refractivity contribution in [1.82, 2.24) is 0 Å². The van der Waals surface area contributed by atoms with E-state index in [1.807, 2.05) is 12.1 Å². The zero-order valence-corrected chi connectivity index (χ0v) is 13.6. The average Bonchev–Trinajstić information content (AvgIpc) is 2.47. The predicted molar refractivity (Wildman–Crippen MR) is 87.6 cm³/mol. The highest BCUT2D eigenvalue weighted by Gasteiger charge is 2.13. The molecule has 1 unspecified atom stereocenters. The molecule has 2 nitrogen and oxygen atoms in total. The van der Waals surface area contributed by atoms with Gasteiger partial charge in [0.2, 0.25) is 0 Å². The highest BCUT2D eigenvalue weighted by molar-refractivity contribution is 7.85. The van der Waals surface area contributed by atoms with Crippen molar-refractivity contribution in [2.75, 3.05) is 5.75 Å². The molecule has 21 heavy (non-hydrogen) atoms. The summed E-state index contributed by atoms with van der Waals surface area (Å²) in [5.41, 5.74) is 1.78. The topological polar surface area (TPSA) is 34.1 Å². The lowest BCUT2D eigenvalue weighted by Crippen LogP contribution is -2.11. The Kier molecular flexibility index (Phi) is 5.32. The highest BCUT2D eigenvalue weighted by Crippen LogP contribution is 2.17. The molecule has 2 aromatic carbocycles. The number of halogens is 1. The molecular formula is C17H17ClO2S. The van der Waals surface area contributed by atoms with E-state index in [0.29, 0.717) is 21.4 Å². The van der Waals surface area contributed by atoms with Crippen LogP contribution >= 0.6 is 11.6 Å². The Morgan fingerprint density at radius 2 is 1.81 bits per heavy atom. The molecule has 0 aliphatic carbocycles. The molecular weight excluding hydrogens is 304 g/mol. The molecule has 0 saturated heterocycles. The van der Waals surface area contributed by atoms with E-state index in [1.54, 1.807) is 36.4 Å². The lowest BCUT2D eigenvalue weighted by Gasteiger charge is -2.06. The van der Waals surface area contributed by atoms with Crippen LogP contribution in [0.5, 0.6) is 0 Å². The Morgan fingerprint density at radius 1 is 1.14 bits per heavy atom. The largest absolute Gasteiger partial charge is 0.293 e. The zero-order chi connectivity index (χ0) is 15.4. The van der Waals surface area contributed by atoms with Crippen LogP contribution in [-0.2, 0) is 10.8 Å². The maximum absolute atomic E-state index is 12.2. The van der Waals surface area contributed by atoms with Gasteiger partial charge >= 0.3 is 0 Å². The molecule has 110 valence electrons. The molecule has 0 saturated carbocycles. The fourth-order valence-corrected chi connectivity index (χ4v) is 3.26. The van der Waals surface area contributed by atoms with Gasteiger partial charge in [-0.1, -0.05) is 55.8 Å². The zero-order valence-electron chi connectivity index (χ0n) is 12.0. The average molecular weight is 321 g/mol. The molecule has 0 aliphatic heterocycles. The molecule has 4 heteroatoms. The van der Waals surface area contributed by atoms with Gasteiger partial charge in [-0.2, -0.15) is 0 Å². The highest BCUT2D eigenvalue weighted by atomic mass is 35.5. The number of hydrogen-bond donors (Lipinski definition) is 0. The van der Waals surface area contributed by atoms with E-state index in [-0.39, 0.29) is 11.5 Å². The molecule has 2 rings (SSSR count). The SMILES string of the molecule is CC(C)c1ccc(C(=O)CS(=O)c2cccc(Cl)c2)cc1. The number of Topliss-reactive ketones (excluding diaryl/α,β-unsaturated/α-hetero) is 1. The Bertz CT molecular complexity index is 663. The summed E-state index contributed by atoms with van der Waals surface area (Å²) in [6.45, 7) is 4.20. The van der Waals surface area contributed by atoms with Crippen molar-refractivity contribution in [2.24, 2.45) is 0 Å². The van der Waals surface area contributed by atoms with Crippen molar-refractivity contribution in [3.8, 4) is 0 Å². The van der Waals surface area contributed by atoms with Crippen LogP contribution in [0.2, 0.25) is 5.02 Å². The molecule has 2 aromatic rings. The van der Waals surface area contributed by atoms with Gasteiger partial charge in [0.05, 0.1) is 16.6 Å². The summed E-state index contributed by atoms with van der Waals surface area (Å²) >= 11 is 5.87. The van der Waals surface area contributed by atoms with E-state index in [1.165, 1.54) is 5.56 Å². The molecule has 0 N–H and O–H groups in total. The molecule has 0 amide bonds. The number of ketones is 1. The Labute approximate surface area is 132 Å². The van der Waals surface area contributed by atoms with Crippen molar-refractivity contribution in [1.29, 1.82) is 0 Å². The first-order valence-electron chi connectivity index (χ1n) is 6.74. The third-order valence-corrected chi connectivity index (χ3v) is 4.76. The summed E-state index contributed by atoms with van der Waals surface area (Å²) in [6.07, 6.45) is 0. The van der Waals surface area contributed by atoms with Gasteiger partial charge in [0.25, 0.3) is 0 Å². The van der Waals surface area contributed by atoms with Crippen LogP contribution in [0.4, 0.5) is 0 Å². The fraction of sp³-hybridized carbons (Fsp3) is 0.235. The summed E-state index contributed by atoms with van der Waals surface area (Å²) in [4.78, 5) is 12.7. The molecule has 0 bridgehead atoms. The van der Waals surface area contributed by atoms with Gasteiger partial charge in [0.15, 0.2) is 5.78 Å². The molecule has 0 heterocycles. The van der Waals surface area contributed by atoms with Crippen LogP contribution < -0.4 is 0 Å². The molecule has 0 aromatic heterocycles. The predicted octanol–water partition coefficient (Wildman–Crippen LogP) is 4.45. The van der Waals surface area contributed by atoms with E-state index in [9.17, 15) is 9.00 Å². The van der Waals surface area contributed by atoms with Crippen LogP contribution in [-0.4, -0.2) is 15.7 Å². The molecule has 0 aliphatic rings. The number of benzene rings is 2. The second kappa shape index (κ2) is 7.01. The minimum absolute atomic E-state index is 0.0264. The van der Waals surface area contributed by atoms with Crippen LogP contribution in [0.3, 0.4) is 0 Å². The number of hydrogen-bond acceptors (Lipinski definition) is 2. The standard InChI is InChI=1S/C17H17ClO2S/c1-12(2)13-6-8-14(9-7-13)17(19)11-21(20)16-5-3-4-15(18)10-16/h3-10,12H,11H2,1-2H3. The van der Waals surface area contributed by atoms with Crippen LogP contribution in [0.25, 0.3) is 0 Å². The van der Waals surface area contributed by atoms with Crippen molar-refractivity contribution in [2.45, 2.75) is 24.7 Å². The third-order valence-electron chi connectivity index (χ3n) is 3.22. The van der Waals surface area contributed by atoms with Crippen LogP contribution in [0.15, 0.2) is 53.4 Å². The molecule has 0 spiro atoms. The molecule has 0 radical (unpaired) electrons. The fourth-order valence-electron chi connectivity index (χ4n) is 1.95. The van der Waals surface area contributed by atoms with Gasteiger partial charge < -0.3 is 0 Å². The second-order valence-corrected chi connectivity index (χ2v) is 7.03. The van der Waals surface area contributed by atoms with E-state index < -0.39 is 10.8 Å². The first kappa shape index (κ1) is 15.9. The smallest absolute Gasteiger partial charge is 0.175 e. The Morgan fingerprint density at radius 3 is 2.38 bits per heavy atom. The minimum atomic E-state index is -1.37. The van der Waals surface area contributed by atoms with E-state index in [0.717, 1.165) is 0 Å². The minimum Gasteiger partial charge on any atom is -0.293 e. The van der Waals surface area contributed by atoms with Gasteiger partial charge in [-0.3, -0.25) is 9.00 Å². The van der Waals surface area contributed by atoms with E-state index in [4.69, 9.17) is 11.6 Å². The number of rotatable bonds is 5. The van der Waals surface area contributed by atoms with E-state index in [2.05, 4.69) is 13.8 Å². The number of carbonyl (C=O) groups excluding carboxylic acids is 1. The maximum atomic E-state index is 12.2. The van der Waals surface area contributed by atoms with Gasteiger partial charge in [-0.05, 0) is 29.7 Å². The lowest BCUT2D eigenvalue weighted by molar-refractivity contribution is 0.102. The quantitative estimate of drug-likeness (QED) is 0.762. The molecule has 1 atom stereocenters. The van der Waals surface area contributed by atoms with Crippen molar-refractivity contribution in [3.05, 3.63) is 64.7 Å². The van der Waals surface area contributed by atoms with Gasteiger partial charge in [0.1, 0.15) is 0 Å². The van der Waals surface area contributed by atoms with Crippen molar-refractivity contribution < 1.29 is 9.00 Å². The van der Waals surface area contributed by atoms with E-state index >= 15 is 0 Å². The van der Waals surface area contributed by atoms with Gasteiger partial charge in [-0.25, -0.2) is 0 Å². The summed E-state index contributed by atoms with van der Waals surface area (Å²) in [5, 5.41) is 0.523. The first-order chi connectivity index (χ1) is 9.97. The summed E-state index contributed by atoms with van der Waals surface area (Å²) < 4.78 is 12.2. The number of carbonyl (C=O) groups is 1. The van der Waals surface area contributed by atoms with Crippen molar-refractivity contribution in [3.63, 3.8) is 0 Å². The van der Waals surface area contributed by atoms with Crippen LogP contribution in [0.1, 0.15) is 35.7 Å². The summed E-state index contributed by atoms with van der Waals surface area (Å²) in [5.74, 6) is 0.278. The maximum Gasteiger partial charge on any atom is 0.175 e. The Hall–Kier alpha value is -1.45. The Balaban J connectivity index is 2.09. The lowest BCUT2D eigenvalue weighted by atomic mass is 10.0. The van der Waals surface area contributed by atoms with Crippen molar-refractivity contribution >= 4 is 28.2 Å². The normalized spacial score (nSPS) is 12.4. The summed E-state index contributed by atoms with van der Waals surface area (Å²) in [7, 11) is -1.37. The summed E-state index contributed by atoms with van der Waals surface area (Å²) in [6, 6.07) is 14.3.